The second kappa shape index (κ2) is 16.5. The van der Waals surface area contributed by atoms with Crippen molar-refractivity contribution in [3.63, 3.8) is 0 Å². The molecule has 0 heterocycles. The van der Waals surface area contributed by atoms with Crippen LogP contribution in [0.3, 0.4) is 0 Å². The van der Waals surface area contributed by atoms with Crippen LogP contribution in [0.2, 0.25) is 0 Å². The highest BCUT2D eigenvalue weighted by atomic mass is 32.2. The van der Waals surface area contributed by atoms with Crippen LogP contribution >= 0.6 is 0 Å². The van der Waals surface area contributed by atoms with Crippen molar-refractivity contribution in [2.75, 3.05) is 25.1 Å². The molecule has 258 valence electrons. The Bertz CT molecular complexity index is 1810. The number of hydrogen-bond donors (Lipinski definition) is 1. The van der Waals surface area contributed by atoms with E-state index in [0.717, 1.165) is 53.1 Å². The van der Waals surface area contributed by atoms with Crippen molar-refractivity contribution in [1.82, 2.24) is 10.2 Å². The van der Waals surface area contributed by atoms with Crippen LogP contribution in [0.25, 0.3) is 0 Å². The number of sulfonamides is 1. The van der Waals surface area contributed by atoms with E-state index in [-0.39, 0.29) is 35.5 Å². The van der Waals surface area contributed by atoms with Gasteiger partial charge in [0.05, 0.1) is 24.8 Å². The third-order valence-corrected chi connectivity index (χ3v) is 10.7. The molecule has 1 unspecified atom stereocenters. The van der Waals surface area contributed by atoms with Gasteiger partial charge < -0.3 is 19.7 Å². The molecule has 0 radical (unpaired) electrons. The summed E-state index contributed by atoms with van der Waals surface area (Å²) in [5.74, 6) is -0.0416. The number of anilines is 1. The Kier molecular flexibility index (Phi) is 12.0. The zero-order chi connectivity index (χ0) is 34.8. The maximum atomic E-state index is 14.8. The normalized spacial score (nSPS) is 14.0. The van der Waals surface area contributed by atoms with Crippen LogP contribution in [-0.2, 0) is 32.6 Å². The molecule has 1 N–H and O–H groups in total. The monoisotopic (exact) mass is 683 g/mol. The first-order valence-electron chi connectivity index (χ1n) is 16.7. The first-order valence-corrected chi connectivity index (χ1v) is 18.1. The fourth-order valence-electron chi connectivity index (χ4n) is 6.33. The minimum atomic E-state index is -4.25. The van der Waals surface area contributed by atoms with E-state index in [4.69, 9.17) is 9.47 Å². The summed E-state index contributed by atoms with van der Waals surface area (Å²) in [5.41, 5.74) is 2.95. The maximum absolute atomic E-state index is 14.8. The molecule has 1 saturated carbocycles. The van der Waals surface area contributed by atoms with Gasteiger partial charge in [0.15, 0.2) is 11.5 Å². The Morgan fingerprint density at radius 3 is 2.10 bits per heavy atom. The number of carbonyl (C=O) groups is 2. The Morgan fingerprint density at radius 1 is 0.796 bits per heavy atom. The molecule has 0 saturated heterocycles. The van der Waals surface area contributed by atoms with Crippen LogP contribution in [-0.4, -0.2) is 58.0 Å². The van der Waals surface area contributed by atoms with E-state index in [2.05, 4.69) is 5.32 Å². The molecule has 1 atom stereocenters. The lowest BCUT2D eigenvalue weighted by Gasteiger charge is -2.35. The predicted molar refractivity (Wildman–Crippen MR) is 191 cm³/mol. The highest BCUT2D eigenvalue weighted by Gasteiger charge is 2.35. The SMILES string of the molecule is COc1ccc(N(CC(=O)N(Cc2cccc(C)c2)C(Cc2ccccc2)C(=O)NC2CCCCC2)S(=O)(=O)c2ccccc2)cc1OC. The standard InChI is InChI=1S/C39H45N3O6S/c1-29-14-13-17-31(24-29)27-41(35(25-30-15-7-4-8-16-30)39(44)40-32-18-9-5-10-19-32)38(43)28-42(49(45,46)34-20-11-6-12-21-34)33-22-23-36(47-2)37(26-33)48-3/h4,6-8,11-17,20-24,26,32,35H,5,9-10,18-19,25,27-28H2,1-3H3,(H,40,44). The topological polar surface area (TPSA) is 105 Å². The molecule has 0 bridgehead atoms. The maximum Gasteiger partial charge on any atom is 0.264 e. The lowest BCUT2D eigenvalue weighted by molar-refractivity contribution is -0.140. The summed E-state index contributed by atoms with van der Waals surface area (Å²) in [6, 6.07) is 29.2. The van der Waals surface area contributed by atoms with Crippen LogP contribution < -0.4 is 19.1 Å². The zero-order valence-electron chi connectivity index (χ0n) is 28.4. The smallest absolute Gasteiger partial charge is 0.264 e. The third kappa shape index (κ3) is 9.00. The molecule has 4 aromatic rings. The van der Waals surface area contributed by atoms with Crippen molar-refractivity contribution in [3.05, 3.63) is 120 Å². The van der Waals surface area contributed by atoms with Crippen molar-refractivity contribution in [3.8, 4) is 11.5 Å². The zero-order valence-corrected chi connectivity index (χ0v) is 29.2. The van der Waals surface area contributed by atoms with Crippen molar-refractivity contribution < 1.29 is 27.5 Å². The van der Waals surface area contributed by atoms with Crippen LogP contribution in [0.15, 0.2) is 108 Å². The molecular weight excluding hydrogens is 639 g/mol. The van der Waals surface area contributed by atoms with E-state index in [0.29, 0.717) is 11.5 Å². The molecule has 2 amide bonds. The number of rotatable bonds is 14. The van der Waals surface area contributed by atoms with Gasteiger partial charge in [0, 0.05) is 25.1 Å². The van der Waals surface area contributed by atoms with E-state index in [1.807, 2.05) is 61.5 Å². The van der Waals surface area contributed by atoms with Gasteiger partial charge in [0.1, 0.15) is 12.6 Å². The second-order valence-corrected chi connectivity index (χ2v) is 14.3. The van der Waals surface area contributed by atoms with E-state index in [1.54, 1.807) is 30.3 Å². The number of hydrogen-bond acceptors (Lipinski definition) is 6. The number of aryl methyl sites for hydroxylation is 1. The van der Waals surface area contributed by atoms with Crippen molar-refractivity contribution in [1.29, 1.82) is 0 Å². The summed E-state index contributed by atoms with van der Waals surface area (Å²) in [6.07, 6.45) is 5.25. The summed E-state index contributed by atoms with van der Waals surface area (Å²) in [4.78, 5) is 30.6. The van der Waals surface area contributed by atoms with Gasteiger partial charge in [-0.3, -0.25) is 13.9 Å². The summed E-state index contributed by atoms with van der Waals surface area (Å²) in [5, 5.41) is 3.25. The van der Waals surface area contributed by atoms with Crippen LogP contribution in [0.4, 0.5) is 5.69 Å². The molecule has 1 aliphatic carbocycles. The molecule has 5 rings (SSSR count). The quantitative estimate of drug-likeness (QED) is 0.167. The molecule has 9 nitrogen and oxygen atoms in total. The van der Waals surface area contributed by atoms with Gasteiger partial charge in [0.25, 0.3) is 10.0 Å². The molecule has 10 heteroatoms. The minimum Gasteiger partial charge on any atom is -0.493 e. The van der Waals surface area contributed by atoms with Gasteiger partial charge in [-0.15, -0.1) is 0 Å². The number of ether oxygens (including phenoxy) is 2. The van der Waals surface area contributed by atoms with Crippen LogP contribution in [0.5, 0.6) is 11.5 Å². The third-order valence-electron chi connectivity index (χ3n) is 8.92. The Balaban J connectivity index is 1.59. The lowest BCUT2D eigenvalue weighted by Crippen LogP contribution is -2.55. The summed E-state index contributed by atoms with van der Waals surface area (Å²) >= 11 is 0. The Hall–Kier alpha value is -4.83. The Morgan fingerprint density at radius 2 is 1.45 bits per heavy atom. The molecule has 0 aliphatic heterocycles. The van der Waals surface area contributed by atoms with Crippen LogP contribution in [0.1, 0.15) is 48.8 Å². The van der Waals surface area contributed by atoms with Gasteiger partial charge in [0.2, 0.25) is 11.8 Å². The van der Waals surface area contributed by atoms with Gasteiger partial charge in [-0.1, -0.05) is 97.6 Å². The van der Waals surface area contributed by atoms with E-state index >= 15 is 0 Å². The number of carbonyl (C=O) groups excluding carboxylic acids is 2. The summed E-state index contributed by atoms with van der Waals surface area (Å²) in [7, 11) is -1.29. The van der Waals surface area contributed by atoms with Crippen LogP contribution in [0, 0.1) is 6.92 Å². The number of nitrogens with zero attached hydrogens (tertiary/aromatic N) is 2. The molecular formula is C39H45N3O6S. The van der Waals surface area contributed by atoms with E-state index in [9.17, 15) is 18.0 Å². The van der Waals surface area contributed by atoms with Gasteiger partial charge >= 0.3 is 0 Å². The first kappa shape index (κ1) is 35.5. The van der Waals surface area contributed by atoms with Gasteiger partial charge in [-0.05, 0) is 55.2 Å². The average Bonchev–Trinajstić information content (AvgIpc) is 3.12. The largest absolute Gasteiger partial charge is 0.493 e. The number of amides is 2. The minimum absolute atomic E-state index is 0.0252. The lowest BCUT2D eigenvalue weighted by atomic mass is 9.94. The number of benzene rings is 4. The average molecular weight is 684 g/mol. The molecule has 1 fully saturated rings. The summed E-state index contributed by atoms with van der Waals surface area (Å²) in [6.45, 7) is 1.53. The molecule has 0 spiro atoms. The van der Waals surface area contributed by atoms with E-state index < -0.39 is 28.5 Å². The fraction of sp³-hybridized carbons (Fsp3) is 0.333. The van der Waals surface area contributed by atoms with Gasteiger partial charge in [-0.2, -0.15) is 0 Å². The molecule has 49 heavy (non-hydrogen) atoms. The molecule has 1 aliphatic rings. The second-order valence-electron chi connectivity index (χ2n) is 12.4. The van der Waals surface area contributed by atoms with Gasteiger partial charge in [-0.25, -0.2) is 8.42 Å². The van der Waals surface area contributed by atoms with Crippen molar-refractivity contribution in [2.45, 2.75) is 69.0 Å². The van der Waals surface area contributed by atoms with E-state index in [1.165, 1.54) is 37.3 Å². The predicted octanol–water partition coefficient (Wildman–Crippen LogP) is 6.30. The number of nitrogens with one attached hydrogen (secondary N) is 1. The molecule has 4 aromatic carbocycles. The highest BCUT2D eigenvalue weighted by Crippen LogP contribution is 2.34. The summed E-state index contributed by atoms with van der Waals surface area (Å²) < 4.78 is 40.6. The Labute approximate surface area is 289 Å². The first-order chi connectivity index (χ1) is 23.7. The highest BCUT2D eigenvalue weighted by molar-refractivity contribution is 7.92. The number of methoxy groups -OCH3 is 2. The van der Waals surface area contributed by atoms with Crippen molar-refractivity contribution >= 4 is 27.5 Å². The fourth-order valence-corrected chi connectivity index (χ4v) is 7.76. The van der Waals surface area contributed by atoms with Crippen molar-refractivity contribution in [2.24, 2.45) is 0 Å². The molecule has 0 aromatic heterocycles.